The summed E-state index contributed by atoms with van der Waals surface area (Å²) >= 11 is 0. The molecule has 19 heavy (non-hydrogen) atoms. The molecule has 0 fully saturated rings. The first kappa shape index (κ1) is 10.3. The summed E-state index contributed by atoms with van der Waals surface area (Å²) in [6.45, 7) is 0. The van der Waals surface area contributed by atoms with Gasteiger partial charge in [0.15, 0.2) is 0 Å². The second kappa shape index (κ2) is 3.92. The maximum Gasteiger partial charge on any atom is 0.137 e. The molecule has 4 rings (SSSR count). The van der Waals surface area contributed by atoms with Crippen LogP contribution in [0.4, 0.5) is 0 Å². The molecule has 0 aliphatic carbocycles. The zero-order valence-electron chi connectivity index (χ0n) is 10.2. The van der Waals surface area contributed by atoms with Crippen LogP contribution in [0.15, 0.2) is 67.0 Å². The lowest BCUT2D eigenvalue weighted by molar-refractivity contribution is 1.19. The maximum atomic E-state index is 4.66. The van der Waals surface area contributed by atoms with E-state index >= 15 is 0 Å². The van der Waals surface area contributed by atoms with Crippen LogP contribution in [0.3, 0.4) is 0 Å². The fourth-order valence-corrected chi connectivity index (χ4v) is 2.27. The van der Waals surface area contributed by atoms with Crippen molar-refractivity contribution in [1.82, 2.24) is 14.4 Å². The number of fused-ring (bicyclic) bond motifs is 2. The molecule has 0 radical (unpaired) electrons. The molecule has 0 saturated carbocycles. The molecule has 0 bridgehead atoms. The van der Waals surface area contributed by atoms with Crippen molar-refractivity contribution in [1.29, 1.82) is 0 Å². The smallest absolute Gasteiger partial charge is 0.137 e. The third-order valence-corrected chi connectivity index (χ3v) is 3.22. The molecular formula is C16H11N3. The van der Waals surface area contributed by atoms with E-state index in [1.807, 2.05) is 59.3 Å². The Labute approximate surface area is 110 Å². The molecule has 0 atom stereocenters. The highest BCUT2D eigenvalue weighted by Crippen LogP contribution is 2.20. The fraction of sp³-hybridized carbons (Fsp3) is 0. The van der Waals surface area contributed by atoms with Crippen LogP contribution < -0.4 is 0 Å². The molecule has 3 nitrogen and oxygen atoms in total. The number of nitrogens with zero attached hydrogens (tertiary/aromatic N) is 3. The van der Waals surface area contributed by atoms with Crippen molar-refractivity contribution in [2.24, 2.45) is 0 Å². The zero-order valence-corrected chi connectivity index (χ0v) is 10.2. The summed E-state index contributed by atoms with van der Waals surface area (Å²) in [6.07, 6.45) is 4.00. The van der Waals surface area contributed by atoms with E-state index in [1.165, 1.54) is 0 Å². The zero-order chi connectivity index (χ0) is 12.7. The van der Waals surface area contributed by atoms with Crippen molar-refractivity contribution < 1.29 is 0 Å². The number of aromatic nitrogens is 3. The molecule has 0 saturated heterocycles. The summed E-state index contributed by atoms with van der Waals surface area (Å²) in [6, 6.07) is 18.2. The molecule has 4 aromatic rings. The van der Waals surface area contributed by atoms with Gasteiger partial charge in [0.2, 0.25) is 0 Å². The Bertz CT molecular complexity index is 844. The molecule has 3 heteroatoms. The Balaban J connectivity index is 1.93. The van der Waals surface area contributed by atoms with Crippen LogP contribution >= 0.6 is 0 Å². The van der Waals surface area contributed by atoms with E-state index in [1.54, 1.807) is 0 Å². The first-order chi connectivity index (χ1) is 9.40. The second-order valence-electron chi connectivity index (χ2n) is 4.48. The minimum atomic E-state index is 0.900. The molecule has 0 unspecified atom stereocenters. The predicted octanol–water partition coefficient (Wildman–Crippen LogP) is 3.55. The Morgan fingerprint density at radius 3 is 2.58 bits per heavy atom. The molecule has 90 valence electrons. The van der Waals surface area contributed by atoms with Crippen LogP contribution in [0, 0.1) is 0 Å². The van der Waals surface area contributed by atoms with Crippen LogP contribution in [-0.2, 0) is 0 Å². The van der Waals surface area contributed by atoms with E-state index < -0.39 is 0 Å². The topological polar surface area (TPSA) is 30.2 Å². The Kier molecular flexibility index (Phi) is 2.12. The molecule has 3 aromatic heterocycles. The monoisotopic (exact) mass is 245 g/mol. The minimum Gasteiger partial charge on any atom is -0.306 e. The highest BCUT2D eigenvalue weighted by molar-refractivity contribution is 5.81. The van der Waals surface area contributed by atoms with Crippen molar-refractivity contribution >= 4 is 16.6 Å². The van der Waals surface area contributed by atoms with Gasteiger partial charge in [-0.25, -0.2) is 9.97 Å². The largest absolute Gasteiger partial charge is 0.306 e. The third kappa shape index (κ3) is 1.67. The number of hydrogen-bond donors (Lipinski definition) is 0. The summed E-state index contributed by atoms with van der Waals surface area (Å²) < 4.78 is 2.01. The van der Waals surface area contributed by atoms with Gasteiger partial charge in [0.25, 0.3) is 0 Å². The van der Waals surface area contributed by atoms with Crippen LogP contribution in [0.2, 0.25) is 0 Å². The van der Waals surface area contributed by atoms with E-state index in [-0.39, 0.29) is 0 Å². The number of imidazole rings is 1. The quantitative estimate of drug-likeness (QED) is 0.513. The van der Waals surface area contributed by atoms with Gasteiger partial charge in [0.05, 0.1) is 11.2 Å². The van der Waals surface area contributed by atoms with Gasteiger partial charge in [-0.1, -0.05) is 30.3 Å². The van der Waals surface area contributed by atoms with Gasteiger partial charge < -0.3 is 4.40 Å². The lowest BCUT2D eigenvalue weighted by Gasteiger charge is -1.99. The van der Waals surface area contributed by atoms with Gasteiger partial charge in [0, 0.05) is 17.8 Å². The van der Waals surface area contributed by atoms with Crippen LogP contribution in [0.25, 0.3) is 27.9 Å². The standard InChI is InChI=1S/C16H11N3/c1-2-6-13-12(5-1)8-9-14(17-13)15-11-19-10-4-3-7-16(19)18-15/h1-11H. The lowest BCUT2D eigenvalue weighted by atomic mass is 10.2. The van der Waals surface area contributed by atoms with Gasteiger partial charge in [-0.2, -0.15) is 0 Å². The molecule has 0 aliphatic rings. The molecule has 0 aliphatic heterocycles. The molecule has 0 N–H and O–H groups in total. The average molecular weight is 245 g/mol. The summed E-state index contributed by atoms with van der Waals surface area (Å²) in [5.74, 6) is 0. The van der Waals surface area contributed by atoms with Crippen molar-refractivity contribution in [3.05, 3.63) is 67.0 Å². The Morgan fingerprint density at radius 2 is 1.63 bits per heavy atom. The maximum absolute atomic E-state index is 4.66. The van der Waals surface area contributed by atoms with Gasteiger partial charge in [-0.05, 0) is 24.3 Å². The van der Waals surface area contributed by atoms with Gasteiger partial charge in [0.1, 0.15) is 11.3 Å². The molecule has 1 aromatic carbocycles. The van der Waals surface area contributed by atoms with Crippen molar-refractivity contribution in [2.45, 2.75) is 0 Å². The lowest BCUT2D eigenvalue weighted by Crippen LogP contribution is -1.84. The van der Waals surface area contributed by atoms with Gasteiger partial charge in [-0.15, -0.1) is 0 Å². The van der Waals surface area contributed by atoms with Crippen molar-refractivity contribution in [3.8, 4) is 11.4 Å². The van der Waals surface area contributed by atoms with Crippen molar-refractivity contribution in [2.75, 3.05) is 0 Å². The van der Waals surface area contributed by atoms with Crippen LogP contribution in [0.5, 0.6) is 0 Å². The molecule has 0 amide bonds. The molecule has 0 spiro atoms. The molecular weight excluding hydrogens is 234 g/mol. The van der Waals surface area contributed by atoms with Gasteiger partial charge in [-0.3, -0.25) is 0 Å². The van der Waals surface area contributed by atoms with E-state index in [0.717, 1.165) is 27.9 Å². The number of para-hydroxylation sites is 1. The summed E-state index contributed by atoms with van der Waals surface area (Å²) in [5.41, 5.74) is 3.74. The Morgan fingerprint density at radius 1 is 0.737 bits per heavy atom. The first-order valence-corrected chi connectivity index (χ1v) is 6.20. The number of hydrogen-bond acceptors (Lipinski definition) is 2. The van der Waals surface area contributed by atoms with Crippen LogP contribution in [-0.4, -0.2) is 14.4 Å². The minimum absolute atomic E-state index is 0.900. The average Bonchev–Trinajstić information content (AvgIpc) is 2.90. The summed E-state index contributed by atoms with van der Waals surface area (Å²) in [7, 11) is 0. The Hall–Kier alpha value is -2.68. The van der Waals surface area contributed by atoms with E-state index in [9.17, 15) is 0 Å². The van der Waals surface area contributed by atoms with E-state index in [2.05, 4.69) is 22.1 Å². The second-order valence-corrected chi connectivity index (χ2v) is 4.48. The highest BCUT2D eigenvalue weighted by Gasteiger charge is 2.05. The normalized spacial score (nSPS) is 11.2. The van der Waals surface area contributed by atoms with E-state index in [4.69, 9.17) is 0 Å². The number of rotatable bonds is 1. The van der Waals surface area contributed by atoms with Gasteiger partial charge >= 0.3 is 0 Å². The summed E-state index contributed by atoms with van der Waals surface area (Å²) in [5, 5.41) is 1.15. The third-order valence-electron chi connectivity index (χ3n) is 3.22. The van der Waals surface area contributed by atoms with Crippen molar-refractivity contribution in [3.63, 3.8) is 0 Å². The summed E-state index contributed by atoms with van der Waals surface area (Å²) in [4.78, 5) is 9.26. The SMILES string of the molecule is c1ccc2nc(-c3cn4ccccc4n3)ccc2c1. The van der Waals surface area contributed by atoms with Crippen LogP contribution in [0.1, 0.15) is 0 Å². The fourth-order valence-electron chi connectivity index (χ4n) is 2.27. The molecule has 3 heterocycles. The number of benzene rings is 1. The van der Waals surface area contributed by atoms with E-state index in [0.29, 0.717) is 0 Å². The predicted molar refractivity (Wildman–Crippen MR) is 75.9 cm³/mol. The number of pyridine rings is 2. The first-order valence-electron chi connectivity index (χ1n) is 6.20. The highest BCUT2D eigenvalue weighted by atomic mass is 15.0.